The summed E-state index contributed by atoms with van der Waals surface area (Å²) in [5.74, 6) is 0.779. The van der Waals surface area contributed by atoms with Gasteiger partial charge in [-0.05, 0) is 94.4 Å². The Morgan fingerprint density at radius 1 is 1.00 bits per heavy atom. The number of hydrazone groups is 1. The van der Waals surface area contributed by atoms with Gasteiger partial charge in [0.1, 0.15) is 11.5 Å². The molecular formula is C22H18BrN3O3S. The molecule has 3 rings (SSSR count). The van der Waals surface area contributed by atoms with Crippen LogP contribution < -0.4 is 20.2 Å². The number of hydrogen-bond acceptors (Lipinski definition) is 5. The zero-order valence-electron chi connectivity index (χ0n) is 16.0. The van der Waals surface area contributed by atoms with Gasteiger partial charge in [0.05, 0.1) is 18.9 Å². The Labute approximate surface area is 188 Å². The fourth-order valence-corrected chi connectivity index (χ4v) is 3.03. The van der Waals surface area contributed by atoms with Gasteiger partial charge in [-0.25, -0.2) is 4.79 Å². The van der Waals surface area contributed by atoms with E-state index in [-0.39, 0.29) is 0 Å². The third kappa shape index (κ3) is 6.13. The number of thiocarbonyl (C=S) groups is 1. The predicted molar refractivity (Wildman–Crippen MR) is 125 cm³/mol. The highest BCUT2D eigenvalue weighted by Crippen LogP contribution is 2.19. The number of nitrogens with one attached hydrogen (secondary N) is 2. The molecule has 0 amide bonds. The second-order valence-corrected chi connectivity index (χ2v) is 7.25. The molecule has 3 aromatic rings. The zero-order chi connectivity index (χ0) is 21.3. The number of nitrogens with zero attached hydrogens (tertiary/aromatic N) is 1. The summed E-state index contributed by atoms with van der Waals surface area (Å²) < 4.78 is 11.2. The molecule has 8 heteroatoms. The van der Waals surface area contributed by atoms with Crippen LogP contribution in [0.15, 0.2) is 82.4 Å². The topological polar surface area (TPSA) is 71.9 Å². The molecule has 0 saturated heterocycles. The molecule has 0 aromatic heterocycles. The van der Waals surface area contributed by atoms with E-state index in [0.29, 0.717) is 20.9 Å². The predicted octanol–water partition coefficient (Wildman–Crippen LogP) is 5.00. The second-order valence-electron chi connectivity index (χ2n) is 5.99. The van der Waals surface area contributed by atoms with Crippen molar-refractivity contribution in [1.29, 1.82) is 0 Å². The monoisotopic (exact) mass is 483 g/mol. The highest BCUT2D eigenvalue weighted by molar-refractivity contribution is 9.10. The highest BCUT2D eigenvalue weighted by atomic mass is 79.9. The lowest BCUT2D eigenvalue weighted by atomic mass is 10.2. The molecule has 0 unspecified atom stereocenters. The van der Waals surface area contributed by atoms with E-state index >= 15 is 0 Å². The number of hydrogen-bond donors (Lipinski definition) is 2. The molecule has 3 aromatic carbocycles. The molecule has 0 fully saturated rings. The Morgan fingerprint density at radius 2 is 1.67 bits per heavy atom. The summed E-state index contributed by atoms with van der Waals surface area (Å²) in [5.41, 5.74) is 4.85. The van der Waals surface area contributed by atoms with Gasteiger partial charge in [-0.3, -0.25) is 5.43 Å². The van der Waals surface area contributed by atoms with Crippen LogP contribution in [0.1, 0.15) is 15.9 Å². The van der Waals surface area contributed by atoms with E-state index < -0.39 is 5.97 Å². The zero-order valence-corrected chi connectivity index (χ0v) is 18.4. The van der Waals surface area contributed by atoms with Crippen molar-refractivity contribution in [2.45, 2.75) is 0 Å². The minimum Gasteiger partial charge on any atom is -0.497 e. The van der Waals surface area contributed by atoms with Gasteiger partial charge in [0.25, 0.3) is 0 Å². The van der Waals surface area contributed by atoms with E-state index in [9.17, 15) is 4.79 Å². The first-order chi connectivity index (χ1) is 14.5. The van der Waals surface area contributed by atoms with Gasteiger partial charge in [-0.1, -0.05) is 12.1 Å². The Bertz CT molecular complexity index is 1050. The molecule has 0 bridgehead atoms. The Balaban J connectivity index is 1.51. The van der Waals surface area contributed by atoms with Crippen molar-refractivity contribution in [3.8, 4) is 11.5 Å². The SMILES string of the molecule is COc1ccc(NC(=S)N/N=C/c2ccc(OC(=O)c3ccccc3Br)cc2)cc1. The Morgan fingerprint density at radius 3 is 2.33 bits per heavy atom. The number of ether oxygens (including phenoxy) is 2. The molecule has 152 valence electrons. The normalized spacial score (nSPS) is 10.5. The van der Waals surface area contributed by atoms with Crippen molar-refractivity contribution in [2.75, 3.05) is 12.4 Å². The summed E-state index contributed by atoms with van der Waals surface area (Å²) in [6.07, 6.45) is 1.61. The molecule has 30 heavy (non-hydrogen) atoms. The summed E-state index contributed by atoms with van der Waals surface area (Å²) >= 11 is 8.55. The van der Waals surface area contributed by atoms with E-state index in [1.807, 2.05) is 30.3 Å². The lowest BCUT2D eigenvalue weighted by Gasteiger charge is -2.08. The number of halogens is 1. The molecule has 0 spiro atoms. The number of rotatable bonds is 6. The number of carbonyl (C=O) groups excluding carboxylic acids is 1. The van der Waals surface area contributed by atoms with Crippen molar-refractivity contribution in [3.63, 3.8) is 0 Å². The molecule has 2 N–H and O–H groups in total. The summed E-state index contributed by atoms with van der Waals surface area (Å²) in [6, 6.07) is 21.4. The number of benzene rings is 3. The second kappa shape index (κ2) is 10.5. The van der Waals surface area contributed by atoms with Crippen LogP contribution in [-0.4, -0.2) is 24.4 Å². The summed E-state index contributed by atoms with van der Waals surface area (Å²) in [5, 5.41) is 7.48. The molecule has 0 radical (unpaired) electrons. The van der Waals surface area contributed by atoms with E-state index in [2.05, 4.69) is 31.8 Å². The number of esters is 1. The van der Waals surface area contributed by atoms with Crippen molar-refractivity contribution in [2.24, 2.45) is 5.10 Å². The summed E-state index contributed by atoms with van der Waals surface area (Å²) in [6.45, 7) is 0. The van der Waals surface area contributed by atoms with Crippen molar-refractivity contribution in [1.82, 2.24) is 5.43 Å². The van der Waals surface area contributed by atoms with Gasteiger partial charge in [0, 0.05) is 10.2 Å². The number of carbonyl (C=O) groups is 1. The standard InChI is InChI=1S/C22H18BrN3O3S/c1-28-17-12-8-16(9-13-17)25-22(30)26-24-14-15-6-10-18(11-7-15)29-21(27)19-4-2-3-5-20(19)23/h2-14H,1H3,(H2,25,26,30)/b24-14+. The van der Waals surface area contributed by atoms with Crippen LogP contribution in [-0.2, 0) is 0 Å². The maximum atomic E-state index is 12.2. The molecule has 0 aliphatic heterocycles. The molecule has 0 heterocycles. The lowest BCUT2D eigenvalue weighted by Crippen LogP contribution is -2.23. The fraction of sp³-hybridized carbons (Fsp3) is 0.0455. The molecular weight excluding hydrogens is 466 g/mol. The summed E-state index contributed by atoms with van der Waals surface area (Å²) in [4.78, 5) is 12.2. The fourth-order valence-electron chi connectivity index (χ4n) is 2.41. The summed E-state index contributed by atoms with van der Waals surface area (Å²) in [7, 11) is 1.61. The van der Waals surface area contributed by atoms with Crippen LogP contribution in [0.25, 0.3) is 0 Å². The van der Waals surface area contributed by atoms with Crippen LogP contribution in [0.5, 0.6) is 11.5 Å². The Kier molecular flexibility index (Phi) is 7.53. The van der Waals surface area contributed by atoms with Gasteiger partial charge in [-0.2, -0.15) is 5.10 Å². The molecule has 0 atom stereocenters. The van der Waals surface area contributed by atoms with Crippen LogP contribution in [0, 0.1) is 0 Å². The number of methoxy groups -OCH3 is 1. The number of anilines is 1. The first-order valence-corrected chi connectivity index (χ1v) is 10.1. The van der Waals surface area contributed by atoms with Crippen LogP contribution in [0.3, 0.4) is 0 Å². The highest BCUT2D eigenvalue weighted by Gasteiger charge is 2.11. The van der Waals surface area contributed by atoms with E-state index in [0.717, 1.165) is 17.0 Å². The first kappa shape index (κ1) is 21.5. The average molecular weight is 484 g/mol. The average Bonchev–Trinajstić information content (AvgIpc) is 2.76. The third-order valence-corrected chi connectivity index (χ3v) is 4.80. The van der Waals surface area contributed by atoms with Crippen LogP contribution in [0.4, 0.5) is 5.69 Å². The minimum absolute atomic E-state index is 0.357. The molecule has 6 nitrogen and oxygen atoms in total. The minimum atomic E-state index is -0.430. The maximum absolute atomic E-state index is 12.2. The van der Waals surface area contributed by atoms with E-state index in [1.165, 1.54) is 0 Å². The van der Waals surface area contributed by atoms with E-state index in [4.69, 9.17) is 21.7 Å². The van der Waals surface area contributed by atoms with Crippen molar-refractivity contribution in [3.05, 3.63) is 88.4 Å². The van der Waals surface area contributed by atoms with Gasteiger partial charge < -0.3 is 14.8 Å². The van der Waals surface area contributed by atoms with Crippen LogP contribution >= 0.6 is 28.1 Å². The van der Waals surface area contributed by atoms with Crippen molar-refractivity contribution < 1.29 is 14.3 Å². The molecule has 0 aliphatic rings. The van der Waals surface area contributed by atoms with Gasteiger partial charge in [-0.15, -0.1) is 0 Å². The Hall–Kier alpha value is -3.23. The van der Waals surface area contributed by atoms with Gasteiger partial charge in [0.15, 0.2) is 5.11 Å². The lowest BCUT2D eigenvalue weighted by molar-refractivity contribution is 0.0734. The van der Waals surface area contributed by atoms with Gasteiger partial charge >= 0.3 is 5.97 Å². The first-order valence-electron chi connectivity index (χ1n) is 8.86. The molecule has 0 saturated carbocycles. The quantitative estimate of drug-likeness (QED) is 0.169. The smallest absolute Gasteiger partial charge is 0.344 e. The van der Waals surface area contributed by atoms with Crippen molar-refractivity contribution >= 4 is 51.1 Å². The maximum Gasteiger partial charge on any atom is 0.344 e. The third-order valence-electron chi connectivity index (χ3n) is 3.91. The largest absolute Gasteiger partial charge is 0.497 e. The van der Waals surface area contributed by atoms with Gasteiger partial charge in [0.2, 0.25) is 0 Å². The van der Waals surface area contributed by atoms with E-state index in [1.54, 1.807) is 55.8 Å². The van der Waals surface area contributed by atoms with Crippen LogP contribution in [0.2, 0.25) is 0 Å². The molecule has 0 aliphatic carbocycles.